The van der Waals surface area contributed by atoms with Crippen LogP contribution in [0.15, 0.2) is 18.2 Å². The number of hydrogen-bond acceptors (Lipinski definition) is 3. The van der Waals surface area contributed by atoms with Gasteiger partial charge in [0.2, 0.25) is 0 Å². The molecule has 1 aliphatic heterocycles. The lowest BCUT2D eigenvalue weighted by atomic mass is 10.1. The van der Waals surface area contributed by atoms with Gasteiger partial charge in [-0.3, -0.25) is 0 Å². The molecule has 0 saturated carbocycles. The molecule has 0 fully saturated rings. The monoisotopic (exact) mass is 264 g/mol. The van der Waals surface area contributed by atoms with E-state index in [9.17, 15) is 4.79 Å². The molecule has 1 aromatic rings. The largest absolute Gasteiger partial charge is 0.493 e. The fourth-order valence-corrected chi connectivity index (χ4v) is 2.15. The Morgan fingerprint density at radius 3 is 3.00 bits per heavy atom. The maximum absolute atomic E-state index is 10.9. The van der Waals surface area contributed by atoms with Crippen LogP contribution in [-0.4, -0.2) is 23.8 Å². The van der Waals surface area contributed by atoms with E-state index in [-0.39, 0.29) is 0 Å². The summed E-state index contributed by atoms with van der Waals surface area (Å²) in [6.07, 6.45) is 4.35. The summed E-state index contributed by atoms with van der Waals surface area (Å²) in [5.41, 5.74) is 0.936. The van der Waals surface area contributed by atoms with E-state index in [0.717, 1.165) is 17.7 Å². The van der Waals surface area contributed by atoms with Crippen LogP contribution in [0, 0.1) is 0 Å². The first-order chi connectivity index (χ1) is 9.20. The number of unbranched alkanes of at least 4 members (excludes halogenated alkanes) is 3. The van der Waals surface area contributed by atoms with Crippen LogP contribution in [0.2, 0.25) is 0 Å². The summed E-state index contributed by atoms with van der Waals surface area (Å²) < 4.78 is 11.0. The van der Waals surface area contributed by atoms with Crippen molar-refractivity contribution in [3.8, 4) is 11.5 Å². The number of carbonyl (C=O) groups is 1. The standard InChI is InChI=1S/C15H20O4/c1-2-3-4-5-8-18-12-7-6-11-9-14(15(16)17)19-13(11)10-12/h6-7,10,14H,2-5,8-9H2,1H3,(H,16,17). The molecule has 104 valence electrons. The Kier molecular flexibility index (Phi) is 4.66. The minimum atomic E-state index is -0.918. The van der Waals surface area contributed by atoms with Crippen LogP contribution in [0.5, 0.6) is 11.5 Å². The van der Waals surface area contributed by atoms with E-state index >= 15 is 0 Å². The molecular weight excluding hydrogens is 244 g/mol. The molecule has 2 rings (SSSR count). The quantitative estimate of drug-likeness (QED) is 0.769. The van der Waals surface area contributed by atoms with E-state index in [0.29, 0.717) is 18.8 Å². The Labute approximate surface area is 113 Å². The number of aliphatic carboxylic acids is 1. The van der Waals surface area contributed by atoms with E-state index in [1.54, 1.807) is 6.07 Å². The number of carboxylic acids is 1. The minimum Gasteiger partial charge on any atom is -0.493 e. The second kappa shape index (κ2) is 6.45. The molecule has 1 N–H and O–H groups in total. The molecule has 1 aromatic carbocycles. The van der Waals surface area contributed by atoms with Gasteiger partial charge in [-0.1, -0.05) is 32.3 Å². The SMILES string of the molecule is CCCCCCOc1ccc2c(c1)OC(C(=O)O)C2. The Bertz CT molecular complexity index is 442. The molecule has 0 radical (unpaired) electrons. The van der Waals surface area contributed by atoms with E-state index in [1.165, 1.54) is 19.3 Å². The van der Waals surface area contributed by atoms with Crippen LogP contribution in [0.3, 0.4) is 0 Å². The van der Waals surface area contributed by atoms with Crippen molar-refractivity contribution in [2.24, 2.45) is 0 Å². The zero-order chi connectivity index (χ0) is 13.7. The predicted octanol–water partition coefficient (Wildman–Crippen LogP) is 3.03. The first-order valence-corrected chi connectivity index (χ1v) is 6.86. The third-order valence-corrected chi connectivity index (χ3v) is 3.26. The third-order valence-electron chi connectivity index (χ3n) is 3.26. The molecule has 0 aromatic heterocycles. The van der Waals surface area contributed by atoms with E-state index < -0.39 is 12.1 Å². The lowest BCUT2D eigenvalue weighted by Crippen LogP contribution is -2.24. The highest BCUT2D eigenvalue weighted by Gasteiger charge is 2.28. The molecule has 1 aliphatic rings. The zero-order valence-corrected chi connectivity index (χ0v) is 11.2. The van der Waals surface area contributed by atoms with Crippen molar-refractivity contribution >= 4 is 5.97 Å². The third kappa shape index (κ3) is 3.63. The van der Waals surface area contributed by atoms with Gasteiger partial charge in [-0.05, 0) is 18.1 Å². The second-order valence-corrected chi connectivity index (χ2v) is 4.83. The number of benzene rings is 1. The number of hydrogen-bond donors (Lipinski definition) is 1. The van der Waals surface area contributed by atoms with Gasteiger partial charge in [0.05, 0.1) is 6.61 Å². The van der Waals surface area contributed by atoms with Crippen molar-refractivity contribution in [2.45, 2.75) is 45.1 Å². The van der Waals surface area contributed by atoms with Gasteiger partial charge in [-0.15, -0.1) is 0 Å². The lowest BCUT2D eigenvalue weighted by molar-refractivity contribution is -0.144. The molecule has 0 spiro atoms. The summed E-state index contributed by atoms with van der Waals surface area (Å²) >= 11 is 0. The van der Waals surface area contributed by atoms with Gasteiger partial charge in [-0.2, -0.15) is 0 Å². The fraction of sp³-hybridized carbons (Fsp3) is 0.533. The molecule has 0 amide bonds. The highest BCUT2D eigenvalue weighted by molar-refractivity contribution is 5.74. The van der Waals surface area contributed by atoms with Crippen molar-refractivity contribution in [2.75, 3.05) is 6.61 Å². The van der Waals surface area contributed by atoms with Crippen LogP contribution in [-0.2, 0) is 11.2 Å². The average Bonchev–Trinajstić information content (AvgIpc) is 2.82. The normalized spacial score (nSPS) is 16.8. The zero-order valence-electron chi connectivity index (χ0n) is 11.2. The molecule has 19 heavy (non-hydrogen) atoms. The molecular formula is C15H20O4. The van der Waals surface area contributed by atoms with E-state index in [4.69, 9.17) is 14.6 Å². The van der Waals surface area contributed by atoms with Crippen LogP contribution < -0.4 is 9.47 Å². The van der Waals surface area contributed by atoms with Crippen LogP contribution in [0.4, 0.5) is 0 Å². The summed E-state index contributed by atoms with van der Waals surface area (Å²) in [5, 5.41) is 8.92. The minimum absolute atomic E-state index is 0.432. The number of carboxylic acid groups (broad SMARTS) is 1. The van der Waals surface area contributed by atoms with Crippen molar-refractivity contribution in [1.29, 1.82) is 0 Å². The van der Waals surface area contributed by atoms with Gasteiger partial charge >= 0.3 is 5.97 Å². The molecule has 1 heterocycles. The molecule has 0 aliphatic carbocycles. The van der Waals surface area contributed by atoms with Gasteiger partial charge in [0.1, 0.15) is 11.5 Å². The lowest BCUT2D eigenvalue weighted by Gasteiger charge is -2.08. The molecule has 4 nitrogen and oxygen atoms in total. The second-order valence-electron chi connectivity index (χ2n) is 4.83. The smallest absolute Gasteiger partial charge is 0.345 e. The van der Waals surface area contributed by atoms with Crippen molar-refractivity contribution in [3.63, 3.8) is 0 Å². The van der Waals surface area contributed by atoms with Gasteiger partial charge < -0.3 is 14.6 Å². The molecule has 1 atom stereocenters. The van der Waals surface area contributed by atoms with E-state index in [1.807, 2.05) is 12.1 Å². The summed E-state index contributed by atoms with van der Waals surface area (Å²) in [5.74, 6) is 0.470. The number of ether oxygens (including phenoxy) is 2. The maximum Gasteiger partial charge on any atom is 0.345 e. The fourth-order valence-electron chi connectivity index (χ4n) is 2.15. The molecule has 1 unspecified atom stereocenters. The Morgan fingerprint density at radius 2 is 2.26 bits per heavy atom. The number of rotatable bonds is 7. The van der Waals surface area contributed by atoms with Gasteiger partial charge in [0.25, 0.3) is 0 Å². The van der Waals surface area contributed by atoms with Gasteiger partial charge in [0.15, 0.2) is 6.10 Å². The van der Waals surface area contributed by atoms with Crippen molar-refractivity contribution in [3.05, 3.63) is 23.8 Å². The van der Waals surface area contributed by atoms with Crippen molar-refractivity contribution < 1.29 is 19.4 Å². The summed E-state index contributed by atoms with van der Waals surface area (Å²) in [6, 6.07) is 5.56. The molecule has 4 heteroatoms. The Hall–Kier alpha value is -1.71. The summed E-state index contributed by atoms with van der Waals surface area (Å²) in [6.45, 7) is 2.87. The summed E-state index contributed by atoms with van der Waals surface area (Å²) in [4.78, 5) is 10.9. The Balaban J connectivity index is 1.85. The van der Waals surface area contributed by atoms with Crippen molar-refractivity contribution in [1.82, 2.24) is 0 Å². The van der Waals surface area contributed by atoms with Crippen LogP contribution in [0.25, 0.3) is 0 Å². The summed E-state index contributed by atoms with van der Waals surface area (Å²) in [7, 11) is 0. The number of fused-ring (bicyclic) bond motifs is 1. The molecule has 0 bridgehead atoms. The van der Waals surface area contributed by atoms with E-state index in [2.05, 4.69) is 6.92 Å². The predicted molar refractivity (Wildman–Crippen MR) is 71.8 cm³/mol. The molecule has 0 saturated heterocycles. The van der Waals surface area contributed by atoms with Gasteiger partial charge in [0, 0.05) is 12.5 Å². The topological polar surface area (TPSA) is 55.8 Å². The average molecular weight is 264 g/mol. The highest BCUT2D eigenvalue weighted by Crippen LogP contribution is 2.32. The van der Waals surface area contributed by atoms with Crippen LogP contribution in [0.1, 0.15) is 38.2 Å². The Morgan fingerprint density at radius 1 is 1.42 bits per heavy atom. The first kappa shape index (κ1) is 13.7. The van der Waals surface area contributed by atoms with Crippen LogP contribution >= 0.6 is 0 Å². The highest BCUT2D eigenvalue weighted by atomic mass is 16.5. The first-order valence-electron chi connectivity index (χ1n) is 6.86. The van der Waals surface area contributed by atoms with Gasteiger partial charge in [-0.25, -0.2) is 4.79 Å². The maximum atomic E-state index is 10.9.